The van der Waals surface area contributed by atoms with E-state index in [1.165, 1.54) is 0 Å². The number of allylic oxidation sites excluding steroid dienone is 5. The Kier molecular flexibility index (Phi) is 2.51. The van der Waals surface area contributed by atoms with E-state index in [1.54, 1.807) is 0 Å². The molecule has 2 atom stereocenters. The molecule has 2 unspecified atom stereocenters. The third-order valence-electron chi connectivity index (χ3n) is 2.91. The van der Waals surface area contributed by atoms with Crippen molar-refractivity contribution in [1.82, 2.24) is 0 Å². The summed E-state index contributed by atoms with van der Waals surface area (Å²) in [6, 6.07) is 0. The maximum atomic E-state index is 3.93. The summed E-state index contributed by atoms with van der Waals surface area (Å²) in [4.78, 5) is 0. The Morgan fingerprint density at radius 2 is 1.92 bits per heavy atom. The average molecular weight is 176 g/mol. The van der Waals surface area contributed by atoms with Gasteiger partial charge >= 0.3 is 0 Å². The molecular weight excluding hydrogens is 156 g/mol. The summed E-state index contributed by atoms with van der Waals surface area (Å²) < 4.78 is 0. The normalized spacial score (nSPS) is 33.4. The molecule has 72 valence electrons. The molecule has 0 aromatic carbocycles. The van der Waals surface area contributed by atoms with E-state index in [-0.39, 0.29) is 5.41 Å². The molecule has 1 rings (SSSR count). The van der Waals surface area contributed by atoms with Crippen LogP contribution < -0.4 is 0 Å². The molecule has 0 bridgehead atoms. The van der Waals surface area contributed by atoms with Gasteiger partial charge in [-0.05, 0) is 11.3 Å². The number of hydrogen-bond acceptors (Lipinski definition) is 0. The fourth-order valence-corrected chi connectivity index (χ4v) is 2.17. The minimum Gasteiger partial charge on any atom is -0.102 e. The van der Waals surface area contributed by atoms with Crippen LogP contribution in [0.5, 0.6) is 0 Å². The van der Waals surface area contributed by atoms with Gasteiger partial charge in [0.2, 0.25) is 0 Å². The lowest BCUT2D eigenvalue weighted by molar-refractivity contribution is 0.195. The highest BCUT2D eigenvalue weighted by Crippen LogP contribution is 2.44. The van der Waals surface area contributed by atoms with E-state index in [9.17, 15) is 0 Å². The van der Waals surface area contributed by atoms with Crippen LogP contribution in [0.2, 0.25) is 0 Å². The molecule has 13 heavy (non-hydrogen) atoms. The molecule has 1 aliphatic rings. The predicted molar refractivity (Wildman–Crippen MR) is 59.5 cm³/mol. The fraction of sp³-hybridized carbons (Fsp3) is 0.538. The summed E-state index contributed by atoms with van der Waals surface area (Å²) in [5, 5.41) is 0. The summed E-state index contributed by atoms with van der Waals surface area (Å²) in [6.45, 7) is 13.0. The van der Waals surface area contributed by atoms with Crippen LogP contribution in [0.15, 0.2) is 37.0 Å². The highest BCUT2D eigenvalue weighted by Gasteiger charge is 2.36. The highest BCUT2D eigenvalue weighted by molar-refractivity contribution is 5.25. The van der Waals surface area contributed by atoms with E-state index < -0.39 is 0 Å². The smallest absolute Gasteiger partial charge is 0.0101 e. The average Bonchev–Trinajstić information content (AvgIpc) is 2.03. The quantitative estimate of drug-likeness (QED) is 0.530. The monoisotopic (exact) mass is 176 g/mol. The fourth-order valence-electron chi connectivity index (χ4n) is 2.17. The molecule has 0 amide bonds. The van der Waals surface area contributed by atoms with Crippen molar-refractivity contribution in [3.8, 4) is 0 Å². The van der Waals surface area contributed by atoms with E-state index in [2.05, 4.69) is 64.7 Å². The first kappa shape index (κ1) is 10.3. The molecule has 0 N–H and O–H groups in total. The van der Waals surface area contributed by atoms with Crippen molar-refractivity contribution in [3.63, 3.8) is 0 Å². The van der Waals surface area contributed by atoms with Crippen molar-refractivity contribution in [2.75, 3.05) is 0 Å². The lowest BCUT2D eigenvalue weighted by Gasteiger charge is -2.41. The van der Waals surface area contributed by atoms with Gasteiger partial charge in [0.05, 0.1) is 0 Å². The van der Waals surface area contributed by atoms with Gasteiger partial charge in [0.25, 0.3) is 0 Å². The van der Waals surface area contributed by atoms with Crippen LogP contribution in [-0.2, 0) is 0 Å². The van der Waals surface area contributed by atoms with Gasteiger partial charge in [0, 0.05) is 5.41 Å². The van der Waals surface area contributed by atoms with Crippen molar-refractivity contribution in [1.29, 1.82) is 0 Å². The molecule has 0 radical (unpaired) electrons. The van der Waals surface area contributed by atoms with Crippen molar-refractivity contribution >= 4 is 0 Å². The number of hydrogen-bond donors (Lipinski definition) is 0. The molecule has 0 nitrogen and oxygen atoms in total. The van der Waals surface area contributed by atoms with Gasteiger partial charge in [-0.25, -0.2) is 0 Å². The third-order valence-corrected chi connectivity index (χ3v) is 2.91. The zero-order chi connectivity index (χ0) is 10.1. The summed E-state index contributed by atoms with van der Waals surface area (Å²) in [6.07, 6.45) is 10.9. The van der Waals surface area contributed by atoms with E-state index in [4.69, 9.17) is 0 Å². The van der Waals surface area contributed by atoms with Gasteiger partial charge in [-0.3, -0.25) is 0 Å². The lowest BCUT2D eigenvalue weighted by Crippen LogP contribution is -2.33. The Bertz CT molecular complexity index is 250. The minimum absolute atomic E-state index is 0.118. The maximum absolute atomic E-state index is 3.93. The first-order valence-electron chi connectivity index (χ1n) is 4.90. The van der Waals surface area contributed by atoms with Crippen LogP contribution in [0.3, 0.4) is 0 Å². The van der Waals surface area contributed by atoms with Crippen molar-refractivity contribution in [2.45, 2.75) is 27.7 Å². The topological polar surface area (TPSA) is 0 Å². The second-order valence-corrected chi connectivity index (χ2v) is 5.16. The maximum Gasteiger partial charge on any atom is 0.0101 e. The van der Waals surface area contributed by atoms with Gasteiger partial charge in [-0.2, -0.15) is 0 Å². The summed E-state index contributed by atoms with van der Waals surface area (Å²) in [5.41, 5.74) is 0.414. The Hall–Kier alpha value is -0.780. The summed E-state index contributed by atoms with van der Waals surface area (Å²) in [5.74, 6) is 0.544. The zero-order valence-corrected chi connectivity index (χ0v) is 9.17. The van der Waals surface area contributed by atoms with Crippen LogP contribution in [0.1, 0.15) is 27.7 Å². The van der Waals surface area contributed by atoms with E-state index >= 15 is 0 Å². The molecule has 0 heterocycles. The molecular formula is C13H20. The second kappa shape index (κ2) is 3.17. The molecule has 0 aromatic rings. The first-order valence-corrected chi connectivity index (χ1v) is 4.90. The SMILES string of the molecule is C=CC1(C)C=CC=CC1C(C)(C)C. The van der Waals surface area contributed by atoms with Crippen LogP contribution >= 0.6 is 0 Å². The van der Waals surface area contributed by atoms with E-state index in [1.807, 2.05) is 0 Å². The van der Waals surface area contributed by atoms with Gasteiger partial charge in [-0.15, -0.1) is 6.58 Å². The third kappa shape index (κ3) is 1.93. The number of rotatable bonds is 1. The molecule has 1 aliphatic carbocycles. The van der Waals surface area contributed by atoms with E-state index in [0.29, 0.717) is 11.3 Å². The Balaban J connectivity index is 3.03. The van der Waals surface area contributed by atoms with Crippen LogP contribution in [0.4, 0.5) is 0 Å². The van der Waals surface area contributed by atoms with E-state index in [0.717, 1.165) is 0 Å². The van der Waals surface area contributed by atoms with Crippen LogP contribution in [-0.4, -0.2) is 0 Å². The first-order chi connectivity index (χ1) is 5.90. The molecule has 0 spiro atoms. The minimum atomic E-state index is 0.118. The predicted octanol–water partition coefficient (Wildman–Crippen LogP) is 3.97. The molecule has 0 saturated heterocycles. The molecule has 0 aliphatic heterocycles. The lowest BCUT2D eigenvalue weighted by atomic mass is 9.63. The zero-order valence-electron chi connectivity index (χ0n) is 9.17. The summed E-state index contributed by atoms with van der Waals surface area (Å²) in [7, 11) is 0. The second-order valence-electron chi connectivity index (χ2n) is 5.16. The van der Waals surface area contributed by atoms with Gasteiger partial charge in [0.1, 0.15) is 0 Å². The van der Waals surface area contributed by atoms with Gasteiger partial charge in [-0.1, -0.05) is 58.1 Å². The standard InChI is InChI=1S/C13H20/c1-6-13(5)10-8-7-9-11(13)12(2,3)4/h6-11H,1H2,2-5H3. The van der Waals surface area contributed by atoms with Crippen molar-refractivity contribution < 1.29 is 0 Å². The van der Waals surface area contributed by atoms with Crippen molar-refractivity contribution in [3.05, 3.63) is 37.0 Å². The Morgan fingerprint density at radius 1 is 1.31 bits per heavy atom. The Morgan fingerprint density at radius 3 is 2.31 bits per heavy atom. The summed E-state index contributed by atoms with van der Waals surface area (Å²) >= 11 is 0. The van der Waals surface area contributed by atoms with Crippen LogP contribution in [0, 0.1) is 16.7 Å². The van der Waals surface area contributed by atoms with Gasteiger partial charge in [0.15, 0.2) is 0 Å². The highest BCUT2D eigenvalue weighted by atomic mass is 14.4. The van der Waals surface area contributed by atoms with Crippen molar-refractivity contribution in [2.24, 2.45) is 16.7 Å². The molecule has 0 heteroatoms. The molecule has 0 fully saturated rings. The molecule has 0 aromatic heterocycles. The largest absolute Gasteiger partial charge is 0.102 e. The Labute approximate surface area is 82.0 Å². The van der Waals surface area contributed by atoms with Gasteiger partial charge < -0.3 is 0 Å². The molecule has 0 saturated carbocycles. The van der Waals surface area contributed by atoms with Crippen LogP contribution in [0.25, 0.3) is 0 Å².